The number of nitrogens with one attached hydrogen (secondary N) is 1. The van der Waals surface area contributed by atoms with Gasteiger partial charge < -0.3 is 11.1 Å². The van der Waals surface area contributed by atoms with Crippen LogP contribution in [0.3, 0.4) is 0 Å². The summed E-state index contributed by atoms with van der Waals surface area (Å²) in [5, 5.41) is 3.36. The molecule has 88 valence electrons. The Morgan fingerprint density at radius 1 is 1.50 bits per heavy atom. The number of halogens is 2. The number of hydrogen-bond acceptors (Lipinski definition) is 2. The van der Waals surface area contributed by atoms with Gasteiger partial charge in [-0.05, 0) is 47.7 Å². The van der Waals surface area contributed by atoms with E-state index in [1.165, 1.54) is 25.3 Å². The minimum atomic E-state index is -0.320. The Bertz CT molecular complexity index is 391. The van der Waals surface area contributed by atoms with Crippen molar-refractivity contribution in [1.82, 2.24) is 0 Å². The summed E-state index contributed by atoms with van der Waals surface area (Å²) < 4.78 is 13.6. The fourth-order valence-electron chi connectivity index (χ4n) is 1.99. The van der Waals surface area contributed by atoms with Crippen LogP contribution < -0.4 is 11.1 Å². The second kappa shape index (κ2) is 4.62. The average Bonchev–Trinajstić information content (AvgIpc) is 2.11. The van der Waals surface area contributed by atoms with Gasteiger partial charge in [0.15, 0.2) is 0 Å². The highest BCUT2D eigenvalue weighted by molar-refractivity contribution is 9.10. The fourth-order valence-corrected chi connectivity index (χ4v) is 2.33. The molecule has 0 amide bonds. The van der Waals surface area contributed by atoms with Gasteiger partial charge in [0.1, 0.15) is 5.82 Å². The van der Waals surface area contributed by atoms with Gasteiger partial charge in [0.25, 0.3) is 0 Å². The maximum atomic E-state index is 13.2. The molecule has 1 aliphatic carbocycles. The van der Waals surface area contributed by atoms with Crippen molar-refractivity contribution < 1.29 is 4.39 Å². The quantitative estimate of drug-likeness (QED) is 0.830. The molecular formula is C12H16BrFN2. The number of rotatable bonds is 3. The van der Waals surface area contributed by atoms with Crippen LogP contribution in [0.15, 0.2) is 16.6 Å². The molecule has 3 N–H and O–H groups in total. The average molecular weight is 287 g/mol. The van der Waals surface area contributed by atoms with Gasteiger partial charge in [-0.1, -0.05) is 6.42 Å². The van der Waals surface area contributed by atoms with Crippen LogP contribution in [0.1, 0.15) is 26.2 Å². The summed E-state index contributed by atoms with van der Waals surface area (Å²) >= 11 is 3.17. The van der Waals surface area contributed by atoms with E-state index in [9.17, 15) is 4.39 Å². The molecule has 1 saturated carbocycles. The number of hydrogen-bond donors (Lipinski definition) is 2. The van der Waals surface area contributed by atoms with Gasteiger partial charge >= 0.3 is 0 Å². The van der Waals surface area contributed by atoms with Crippen molar-refractivity contribution in [3.8, 4) is 0 Å². The lowest BCUT2D eigenvalue weighted by Crippen LogP contribution is -2.31. The molecule has 0 aromatic heterocycles. The Morgan fingerprint density at radius 2 is 2.19 bits per heavy atom. The minimum Gasteiger partial charge on any atom is -0.397 e. The van der Waals surface area contributed by atoms with Gasteiger partial charge in [-0.2, -0.15) is 0 Å². The highest BCUT2D eigenvalue weighted by Crippen LogP contribution is 2.33. The summed E-state index contributed by atoms with van der Waals surface area (Å²) in [6, 6.07) is 3.45. The summed E-state index contributed by atoms with van der Waals surface area (Å²) in [6.07, 6.45) is 3.87. The summed E-state index contributed by atoms with van der Waals surface area (Å²) in [4.78, 5) is 0. The Balaban J connectivity index is 2.11. The third-order valence-electron chi connectivity index (χ3n) is 3.33. The van der Waals surface area contributed by atoms with Crippen molar-refractivity contribution >= 4 is 27.3 Å². The first-order valence-electron chi connectivity index (χ1n) is 5.59. The third-order valence-corrected chi connectivity index (χ3v) is 3.94. The van der Waals surface area contributed by atoms with Crippen LogP contribution in [0, 0.1) is 11.7 Å². The maximum Gasteiger partial charge on any atom is 0.139 e. The molecule has 0 radical (unpaired) electrons. The van der Waals surface area contributed by atoms with Gasteiger partial charge in [0, 0.05) is 12.1 Å². The zero-order valence-corrected chi connectivity index (χ0v) is 10.8. The predicted molar refractivity (Wildman–Crippen MR) is 68.9 cm³/mol. The number of nitrogen functional groups attached to an aromatic ring is 1. The van der Waals surface area contributed by atoms with Gasteiger partial charge in [-0.25, -0.2) is 4.39 Å². The fraction of sp³-hybridized carbons (Fsp3) is 0.500. The molecule has 0 heterocycles. The smallest absolute Gasteiger partial charge is 0.139 e. The molecule has 1 aromatic carbocycles. The monoisotopic (exact) mass is 286 g/mol. The third kappa shape index (κ3) is 2.32. The van der Waals surface area contributed by atoms with Crippen molar-refractivity contribution in [3.05, 3.63) is 22.4 Å². The van der Waals surface area contributed by atoms with E-state index >= 15 is 0 Å². The number of anilines is 2. The molecule has 1 unspecified atom stereocenters. The SMILES string of the molecule is CC(Nc1cc(Br)c(F)cc1N)C1CCC1. The van der Waals surface area contributed by atoms with E-state index in [0.29, 0.717) is 16.2 Å². The van der Waals surface area contributed by atoms with E-state index < -0.39 is 0 Å². The molecule has 4 heteroatoms. The molecule has 1 aliphatic rings. The molecule has 1 aromatic rings. The molecule has 1 atom stereocenters. The Morgan fingerprint density at radius 3 is 2.75 bits per heavy atom. The zero-order valence-electron chi connectivity index (χ0n) is 9.26. The van der Waals surface area contributed by atoms with Crippen LogP contribution in [-0.2, 0) is 0 Å². The predicted octanol–water partition coefficient (Wildman–Crippen LogP) is 3.77. The van der Waals surface area contributed by atoms with Crippen LogP contribution in [-0.4, -0.2) is 6.04 Å². The van der Waals surface area contributed by atoms with E-state index in [1.54, 1.807) is 6.07 Å². The molecule has 0 saturated heterocycles. The molecule has 2 nitrogen and oxygen atoms in total. The highest BCUT2D eigenvalue weighted by atomic mass is 79.9. The highest BCUT2D eigenvalue weighted by Gasteiger charge is 2.24. The first-order valence-corrected chi connectivity index (χ1v) is 6.38. The number of nitrogens with two attached hydrogens (primary N) is 1. The molecule has 2 rings (SSSR count). The minimum absolute atomic E-state index is 0.320. The lowest BCUT2D eigenvalue weighted by atomic mass is 9.80. The summed E-state index contributed by atoms with van der Waals surface area (Å²) in [6.45, 7) is 2.15. The molecule has 16 heavy (non-hydrogen) atoms. The standard InChI is InChI=1S/C12H16BrFN2/c1-7(8-3-2-4-8)16-12-5-9(13)10(14)6-11(12)15/h5-8,16H,2-4,15H2,1H3. The van der Waals surface area contributed by atoms with Crippen LogP contribution in [0.4, 0.5) is 15.8 Å². The Kier molecular flexibility index (Phi) is 3.38. The maximum absolute atomic E-state index is 13.2. The summed E-state index contributed by atoms with van der Waals surface area (Å²) in [5.74, 6) is 0.405. The summed E-state index contributed by atoms with van der Waals surface area (Å²) in [5.41, 5.74) is 7.05. The van der Waals surface area contributed by atoms with Crippen LogP contribution >= 0.6 is 15.9 Å². The topological polar surface area (TPSA) is 38.0 Å². The van der Waals surface area contributed by atoms with Crippen molar-refractivity contribution in [3.63, 3.8) is 0 Å². The lowest BCUT2D eigenvalue weighted by Gasteiger charge is -2.32. The number of benzene rings is 1. The van der Waals surface area contributed by atoms with E-state index in [-0.39, 0.29) is 5.82 Å². The Labute approximate surface area is 104 Å². The molecule has 1 fully saturated rings. The molecular weight excluding hydrogens is 271 g/mol. The van der Waals surface area contributed by atoms with Gasteiger partial charge in [-0.15, -0.1) is 0 Å². The van der Waals surface area contributed by atoms with Crippen molar-refractivity contribution in [1.29, 1.82) is 0 Å². The van der Waals surface area contributed by atoms with Crippen LogP contribution in [0.5, 0.6) is 0 Å². The van der Waals surface area contributed by atoms with Gasteiger partial charge in [0.05, 0.1) is 15.8 Å². The second-order valence-corrected chi connectivity index (χ2v) is 5.33. The van der Waals surface area contributed by atoms with E-state index in [4.69, 9.17) is 5.73 Å². The van der Waals surface area contributed by atoms with Crippen molar-refractivity contribution in [2.75, 3.05) is 11.1 Å². The Hall–Kier alpha value is -0.770. The van der Waals surface area contributed by atoms with Gasteiger partial charge in [-0.3, -0.25) is 0 Å². The first-order chi connectivity index (χ1) is 7.58. The summed E-state index contributed by atoms with van der Waals surface area (Å²) in [7, 11) is 0. The zero-order chi connectivity index (χ0) is 11.7. The van der Waals surface area contributed by atoms with Crippen LogP contribution in [0.2, 0.25) is 0 Å². The van der Waals surface area contributed by atoms with Crippen molar-refractivity contribution in [2.24, 2.45) is 5.92 Å². The van der Waals surface area contributed by atoms with Crippen molar-refractivity contribution in [2.45, 2.75) is 32.2 Å². The van der Waals surface area contributed by atoms with E-state index in [1.807, 2.05) is 0 Å². The largest absolute Gasteiger partial charge is 0.397 e. The molecule has 0 spiro atoms. The molecule has 0 aliphatic heterocycles. The van der Waals surface area contributed by atoms with Gasteiger partial charge in [0.2, 0.25) is 0 Å². The second-order valence-electron chi connectivity index (χ2n) is 4.48. The molecule has 0 bridgehead atoms. The lowest BCUT2D eigenvalue weighted by molar-refractivity contribution is 0.285. The normalized spacial score (nSPS) is 17.9. The van der Waals surface area contributed by atoms with E-state index in [0.717, 1.165) is 11.6 Å². The first kappa shape index (κ1) is 11.7. The van der Waals surface area contributed by atoms with Crippen LogP contribution in [0.25, 0.3) is 0 Å². The van der Waals surface area contributed by atoms with E-state index in [2.05, 4.69) is 28.2 Å².